The summed E-state index contributed by atoms with van der Waals surface area (Å²) in [5, 5.41) is 11.9. The smallest absolute Gasteiger partial charge is 0.318 e. The van der Waals surface area contributed by atoms with E-state index in [1.54, 1.807) is 6.07 Å². The number of benzene rings is 2. The van der Waals surface area contributed by atoms with Crippen LogP contribution in [0.4, 0.5) is 0 Å². The quantitative estimate of drug-likeness (QED) is 0.504. The lowest BCUT2D eigenvalue weighted by Crippen LogP contribution is -2.47. The highest BCUT2D eigenvalue weighted by molar-refractivity contribution is 5.85. The van der Waals surface area contributed by atoms with E-state index in [1.165, 1.54) is 19.3 Å². The molecule has 0 heterocycles. The van der Waals surface area contributed by atoms with Gasteiger partial charge in [0, 0.05) is 12.5 Å². The summed E-state index contributed by atoms with van der Waals surface area (Å²) >= 11 is 0. The molecule has 5 heteroatoms. The molecule has 5 atom stereocenters. The third-order valence-corrected chi connectivity index (χ3v) is 7.13. The Bertz CT molecular complexity index is 887. The number of carbonyl (C=O) groups is 1. The first-order chi connectivity index (χ1) is 14.4. The Labute approximate surface area is 192 Å². The predicted molar refractivity (Wildman–Crippen MR) is 126 cm³/mol. The number of hydrogen-bond acceptors (Lipinski definition) is 4. The van der Waals surface area contributed by atoms with Crippen LogP contribution < -0.4 is 4.74 Å². The Morgan fingerprint density at radius 1 is 1.16 bits per heavy atom. The second-order valence-corrected chi connectivity index (χ2v) is 9.52. The van der Waals surface area contributed by atoms with E-state index < -0.39 is 5.60 Å². The molecule has 1 N–H and O–H groups in total. The molecule has 0 spiro atoms. The van der Waals surface area contributed by atoms with E-state index in [2.05, 4.69) is 19.0 Å². The van der Waals surface area contributed by atoms with Gasteiger partial charge in [0.25, 0.3) is 0 Å². The average Bonchev–Trinajstić information content (AvgIpc) is 3.14. The lowest BCUT2D eigenvalue weighted by Gasteiger charge is -2.45. The summed E-state index contributed by atoms with van der Waals surface area (Å²) in [4.78, 5) is 14.9. The van der Waals surface area contributed by atoms with Crippen LogP contribution in [0.2, 0.25) is 0 Å². The fourth-order valence-electron chi connectivity index (χ4n) is 5.58. The molecular weight excluding hydrogens is 410 g/mol. The molecule has 2 saturated carbocycles. The van der Waals surface area contributed by atoms with Crippen molar-refractivity contribution in [2.75, 3.05) is 20.6 Å². The van der Waals surface area contributed by atoms with Crippen molar-refractivity contribution in [3.63, 3.8) is 0 Å². The number of rotatable bonds is 6. The van der Waals surface area contributed by atoms with Gasteiger partial charge in [0.1, 0.15) is 5.75 Å². The first-order valence-electron chi connectivity index (χ1n) is 11.1. The molecule has 0 radical (unpaired) electrons. The molecule has 31 heavy (non-hydrogen) atoms. The normalized spacial score (nSPS) is 28.1. The lowest BCUT2D eigenvalue weighted by molar-refractivity contribution is -0.135. The van der Waals surface area contributed by atoms with Gasteiger partial charge in [0.15, 0.2) is 0 Å². The van der Waals surface area contributed by atoms with Crippen LogP contribution in [-0.2, 0) is 10.4 Å². The summed E-state index contributed by atoms with van der Waals surface area (Å²) in [6, 6.07) is 17.2. The van der Waals surface area contributed by atoms with Crippen LogP contribution in [0.15, 0.2) is 54.6 Å². The highest BCUT2D eigenvalue weighted by atomic mass is 35.5. The lowest BCUT2D eigenvalue weighted by atomic mass is 9.66. The zero-order valence-electron chi connectivity index (χ0n) is 18.7. The van der Waals surface area contributed by atoms with Gasteiger partial charge < -0.3 is 14.7 Å². The summed E-state index contributed by atoms with van der Waals surface area (Å²) in [5.74, 6) is 1.22. The minimum atomic E-state index is -0.873. The van der Waals surface area contributed by atoms with Gasteiger partial charge in [-0.15, -0.1) is 12.4 Å². The van der Waals surface area contributed by atoms with Crippen LogP contribution in [0.1, 0.15) is 49.7 Å². The van der Waals surface area contributed by atoms with Crippen LogP contribution in [0.25, 0.3) is 0 Å². The molecule has 1 unspecified atom stereocenters. The van der Waals surface area contributed by atoms with Gasteiger partial charge in [-0.25, -0.2) is 0 Å². The van der Waals surface area contributed by atoms with Crippen LogP contribution in [0.5, 0.6) is 5.75 Å². The maximum absolute atomic E-state index is 12.7. The van der Waals surface area contributed by atoms with Gasteiger partial charge in [0.05, 0.1) is 11.5 Å². The van der Waals surface area contributed by atoms with Crippen LogP contribution in [0.3, 0.4) is 0 Å². The number of esters is 1. The molecule has 4 nitrogen and oxygen atoms in total. The third kappa shape index (κ3) is 4.97. The first kappa shape index (κ1) is 23.8. The zero-order valence-corrected chi connectivity index (χ0v) is 19.5. The Morgan fingerprint density at radius 3 is 2.61 bits per heavy atom. The van der Waals surface area contributed by atoms with E-state index in [0.29, 0.717) is 17.6 Å². The SMILES string of the molecule is CC(C(=O)Oc1cccc([C@@]2(O)C[C@@H]3CC[C@@H](C3)[C@@H]2CN(C)C)c1)c1ccccc1.Cl. The molecule has 0 aromatic heterocycles. The van der Waals surface area contributed by atoms with Crippen LogP contribution in [-0.4, -0.2) is 36.6 Å². The topological polar surface area (TPSA) is 49.8 Å². The third-order valence-electron chi connectivity index (χ3n) is 7.13. The minimum Gasteiger partial charge on any atom is -0.426 e. The number of ether oxygens (including phenoxy) is 1. The number of halogens is 1. The minimum absolute atomic E-state index is 0. The summed E-state index contributed by atoms with van der Waals surface area (Å²) in [6.07, 6.45) is 4.43. The van der Waals surface area contributed by atoms with Crippen molar-refractivity contribution < 1.29 is 14.6 Å². The van der Waals surface area contributed by atoms with E-state index >= 15 is 0 Å². The average molecular weight is 444 g/mol. The van der Waals surface area contributed by atoms with Crippen molar-refractivity contribution in [3.8, 4) is 5.75 Å². The molecule has 2 fully saturated rings. The maximum atomic E-state index is 12.7. The van der Waals surface area contributed by atoms with Crippen molar-refractivity contribution >= 4 is 18.4 Å². The van der Waals surface area contributed by atoms with Gasteiger partial charge in [-0.05, 0) is 75.4 Å². The molecular formula is C26H34ClNO3. The Hall–Kier alpha value is -1.88. The fraction of sp³-hybridized carbons (Fsp3) is 0.500. The molecule has 2 aromatic carbocycles. The van der Waals surface area contributed by atoms with E-state index in [1.807, 2.05) is 55.5 Å². The fourth-order valence-corrected chi connectivity index (χ4v) is 5.58. The van der Waals surface area contributed by atoms with Crippen molar-refractivity contribution in [2.24, 2.45) is 17.8 Å². The zero-order chi connectivity index (χ0) is 21.3. The van der Waals surface area contributed by atoms with Crippen LogP contribution >= 0.6 is 12.4 Å². The summed E-state index contributed by atoms with van der Waals surface area (Å²) in [6.45, 7) is 2.73. The molecule has 2 aliphatic carbocycles. The number of fused-ring (bicyclic) bond motifs is 2. The second kappa shape index (κ2) is 9.72. The van der Waals surface area contributed by atoms with Gasteiger partial charge in [0.2, 0.25) is 0 Å². The van der Waals surface area contributed by atoms with Crippen molar-refractivity contribution in [2.45, 2.75) is 44.1 Å². The Kier molecular flexibility index (Phi) is 7.46. The number of hydrogen-bond donors (Lipinski definition) is 1. The largest absolute Gasteiger partial charge is 0.426 e. The first-order valence-corrected chi connectivity index (χ1v) is 11.1. The molecule has 2 bridgehead atoms. The molecule has 0 aliphatic heterocycles. The summed E-state index contributed by atoms with van der Waals surface area (Å²) in [7, 11) is 4.15. The van der Waals surface area contributed by atoms with Gasteiger partial charge in [-0.2, -0.15) is 0 Å². The van der Waals surface area contributed by atoms with Crippen molar-refractivity contribution in [3.05, 3.63) is 65.7 Å². The highest BCUT2D eigenvalue weighted by Crippen LogP contribution is 2.54. The van der Waals surface area contributed by atoms with Gasteiger partial charge in [-0.1, -0.05) is 48.9 Å². The van der Waals surface area contributed by atoms with E-state index in [0.717, 1.165) is 24.1 Å². The van der Waals surface area contributed by atoms with Gasteiger partial charge in [-0.3, -0.25) is 4.79 Å². The molecule has 4 rings (SSSR count). The van der Waals surface area contributed by atoms with E-state index in [4.69, 9.17) is 4.74 Å². The molecule has 2 aromatic rings. The molecule has 0 saturated heterocycles. The standard InChI is InChI=1S/C26H33NO3.ClH/c1-18(20-8-5-4-6-9-20)25(28)30-23-11-7-10-22(15-23)26(29)16-19-12-13-21(14-19)24(26)17-27(2)3;/h4-11,15,18-19,21,24,29H,12-14,16-17H2,1-3H3;1H/t18?,19-,21+,24+,26+;/m1./s1. The monoisotopic (exact) mass is 443 g/mol. The maximum Gasteiger partial charge on any atom is 0.318 e. The molecule has 168 valence electrons. The number of aliphatic hydroxyl groups is 1. The second-order valence-electron chi connectivity index (χ2n) is 9.52. The highest BCUT2D eigenvalue weighted by Gasteiger charge is 2.51. The van der Waals surface area contributed by atoms with E-state index in [-0.39, 0.29) is 30.2 Å². The summed E-state index contributed by atoms with van der Waals surface area (Å²) < 4.78 is 5.73. The number of carbonyl (C=O) groups excluding carboxylic acids is 1. The van der Waals surface area contributed by atoms with Crippen LogP contribution in [0, 0.1) is 17.8 Å². The Balaban J connectivity index is 0.00000272. The van der Waals surface area contributed by atoms with Gasteiger partial charge >= 0.3 is 5.97 Å². The summed E-state index contributed by atoms with van der Waals surface area (Å²) in [5.41, 5.74) is 0.942. The van der Waals surface area contributed by atoms with E-state index in [9.17, 15) is 9.90 Å². The number of nitrogens with zero attached hydrogens (tertiary/aromatic N) is 1. The predicted octanol–water partition coefficient (Wildman–Crippen LogP) is 5.00. The molecule has 0 amide bonds. The molecule has 2 aliphatic rings. The van der Waals surface area contributed by atoms with Crippen molar-refractivity contribution in [1.29, 1.82) is 0 Å². The Morgan fingerprint density at radius 2 is 1.90 bits per heavy atom. The van der Waals surface area contributed by atoms with Crippen molar-refractivity contribution in [1.82, 2.24) is 4.90 Å².